The zero-order chi connectivity index (χ0) is 17.2. The average Bonchev–Trinajstić information content (AvgIpc) is 3.29. The molecular weight excluding hydrogens is 375 g/mol. The number of carbonyl (C=O) groups excluding carboxylic acids is 1. The van der Waals surface area contributed by atoms with E-state index in [-0.39, 0.29) is 35.6 Å². The van der Waals surface area contributed by atoms with Gasteiger partial charge < -0.3 is 10.1 Å². The average molecular weight is 397 g/mol. The molecule has 4 aliphatic rings. The van der Waals surface area contributed by atoms with Crippen LogP contribution in [0.3, 0.4) is 0 Å². The summed E-state index contributed by atoms with van der Waals surface area (Å²) < 4.78 is 19.8. The molecule has 1 spiro atoms. The monoisotopic (exact) mass is 396 g/mol. The largest absolute Gasteiger partial charge is 0.494 e. The van der Waals surface area contributed by atoms with E-state index in [1.54, 1.807) is 12.1 Å². The third kappa shape index (κ3) is 2.62. The molecule has 1 saturated carbocycles. The number of methoxy groups -OCH3 is 1. The van der Waals surface area contributed by atoms with Crippen molar-refractivity contribution in [2.75, 3.05) is 20.2 Å². The zero-order valence-electron chi connectivity index (χ0n) is 14.6. The van der Waals surface area contributed by atoms with Gasteiger partial charge in [0.1, 0.15) is 0 Å². The van der Waals surface area contributed by atoms with Gasteiger partial charge in [-0.15, -0.1) is 23.7 Å². The molecule has 140 valence electrons. The lowest BCUT2D eigenvalue weighted by Gasteiger charge is -2.52. The van der Waals surface area contributed by atoms with Crippen LogP contribution >= 0.6 is 23.7 Å². The van der Waals surface area contributed by atoms with E-state index < -0.39 is 5.82 Å². The van der Waals surface area contributed by atoms with Gasteiger partial charge in [-0.25, -0.2) is 4.39 Å². The van der Waals surface area contributed by atoms with Crippen LogP contribution in [-0.4, -0.2) is 42.6 Å². The van der Waals surface area contributed by atoms with Crippen LogP contribution in [0.25, 0.3) is 10.1 Å². The maximum absolute atomic E-state index is 13.9. The fraction of sp³-hybridized carbons (Fsp3) is 0.526. The van der Waals surface area contributed by atoms with Crippen LogP contribution in [0.1, 0.15) is 35.4 Å². The Morgan fingerprint density at radius 2 is 2.04 bits per heavy atom. The van der Waals surface area contributed by atoms with Crippen LogP contribution in [0.5, 0.6) is 5.75 Å². The van der Waals surface area contributed by atoms with Crippen molar-refractivity contribution in [1.82, 2.24) is 10.2 Å². The van der Waals surface area contributed by atoms with Crippen LogP contribution < -0.4 is 10.1 Å². The van der Waals surface area contributed by atoms with Crippen LogP contribution in [0.2, 0.25) is 0 Å². The van der Waals surface area contributed by atoms with Gasteiger partial charge in [-0.3, -0.25) is 9.69 Å². The first-order chi connectivity index (χ1) is 12.1. The highest BCUT2D eigenvalue weighted by atomic mass is 35.5. The number of piperidine rings is 3. The first-order valence-corrected chi connectivity index (χ1v) is 9.75. The molecule has 4 heterocycles. The van der Waals surface area contributed by atoms with E-state index in [9.17, 15) is 9.18 Å². The molecule has 1 aliphatic carbocycles. The molecule has 0 radical (unpaired) electrons. The van der Waals surface area contributed by atoms with Crippen molar-refractivity contribution in [1.29, 1.82) is 0 Å². The molecule has 1 amide bonds. The quantitative estimate of drug-likeness (QED) is 0.857. The molecule has 0 unspecified atom stereocenters. The second-order valence-corrected chi connectivity index (χ2v) is 8.60. The number of hydrogen-bond donors (Lipinski definition) is 1. The van der Waals surface area contributed by atoms with Gasteiger partial charge in [0.15, 0.2) is 11.6 Å². The topological polar surface area (TPSA) is 41.6 Å². The first-order valence-electron chi connectivity index (χ1n) is 8.94. The second-order valence-electron chi connectivity index (χ2n) is 7.51. The van der Waals surface area contributed by atoms with Gasteiger partial charge in [-0.2, -0.15) is 0 Å². The lowest BCUT2D eigenvalue weighted by molar-refractivity contribution is -0.00138. The summed E-state index contributed by atoms with van der Waals surface area (Å²) in [5.41, 5.74) is 0.225. The van der Waals surface area contributed by atoms with E-state index in [4.69, 9.17) is 4.74 Å². The fourth-order valence-corrected chi connectivity index (χ4v) is 5.82. The highest BCUT2D eigenvalue weighted by Crippen LogP contribution is 2.53. The standard InChI is InChI=1S/C19H21FN2O2S.ClH/c1-24-14-10-15-12(8-13(14)20)9-16(25-15)18(23)21-17-11-2-6-22(7-3-11)19(17)4-5-19;/h8-11,17H,2-7H2,1H3,(H,21,23);1H/t17-;/m1./s1. The second kappa shape index (κ2) is 6.36. The van der Waals surface area contributed by atoms with Crippen molar-refractivity contribution >= 4 is 39.7 Å². The summed E-state index contributed by atoms with van der Waals surface area (Å²) in [4.78, 5) is 16.1. The number of hydrogen-bond acceptors (Lipinski definition) is 4. The summed E-state index contributed by atoms with van der Waals surface area (Å²) in [5.74, 6) is 0.402. The Hall–Kier alpha value is -1.37. The first kappa shape index (κ1) is 18.0. The molecule has 1 aromatic carbocycles. The maximum atomic E-state index is 13.9. The molecule has 4 nitrogen and oxygen atoms in total. The molecule has 6 rings (SSSR count). The summed E-state index contributed by atoms with van der Waals surface area (Å²) in [6, 6.07) is 5.17. The Morgan fingerprint density at radius 3 is 2.69 bits per heavy atom. The lowest BCUT2D eigenvalue weighted by atomic mass is 9.77. The molecule has 1 aromatic heterocycles. The maximum Gasteiger partial charge on any atom is 0.261 e. The van der Waals surface area contributed by atoms with E-state index in [1.807, 2.05) is 0 Å². The summed E-state index contributed by atoms with van der Waals surface area (Å²) in [6.45, 7) is 2.36. The van der Waals surface area contributed by atoms with Gasteiger partial charge >= 0.3 is 0 Å². The molecule has 1 N–H and O–H groups in total. The number of nitrogens with one attached hydrogen (secondary N) is 1. The summed E-state index contributed by atoms with van der Waals surface area (Å²) >= 11 is 1.40. The minimum Gasteiger partial charge on any atom is -0.494 e. The zero-order valence-corrected chi connectivity index (χ0v) is 16.2. The molecule has 26 heavy (non-hydrogen) atoms. The number of ether oxygens (including phenoxy) is 1. The molecular formula is C19H22ClFN2O2S. The van der Waals surface area contributed by atoms with Gasteiger partial charge in [0.25, 0.3) is 5.91 Å². The minimum absolute atomic E-state index is 0. The predicted octanol–water partition coefficient (Wildman–Crippen LogP) is 3.83. The highest BCUT2D eigenvalue weighted by molar-refractivity contribution is 7.20. The third-order valence-corrected chi connectivity index (χ3v) is 7.38. The Morgan fingerprint density at radius 1 is 1.31 bits per heavy atom. The Balaban J connectivity index is 0.00000168. The Labute approximate surface area is 162 Å². The molecule has 3 saturated heterocycles. The number of fused-ring (bicyclic) bond motifs is 3. The van der Waals surface area contributed by atoms with Crippen LogP contribution in [0.4, 0.5) is 4.39 Å². The normalized spacial score (nSPS) is 28.0. The minimum atomic E-state index is -0.394. The molecule has 2 bridgehead atoms. The SMILES string of the molecule is COc1cc2sc(C(=O)N[C@@H]3C4CCN(CC4)C34CC4)cc2cc1F.Cl. The van der Waals surface area contributed by atoms with Crippen molar-refractivity contribution in [2.24, 2.45) is 5.92 Å². The van der Waals surface area contributed by atoms with E-state index in [2.05, 4.69) is 10.2 Å². The number of nitrogens with zero attached hydrogens (tertiary/aromatic N) is 1. The van der Waals surface area contributed by atoms with Crippen molar-refractivity contribution in [3.05, 3.63) is 28.9 Å². The van der Waals surface area contributed by atoms with Gasteiger partial charge in [-0.05, 0) is 62.2 Å². The third-order valence-electron chi connectivity index (χ3n) is 6.28. The smallest absolute Gasteiger partial charge is 0.261 e. The number of thiophene rings is 1. The number of halogens is 2. The fourth-order valence-electron chi connectivity index (χ4n) is 4.84. The van der Waals surface area contributed by atoms with Gasteiger partial charge in [0.2, 0.25) is 0 Å². The van der Waals surface area contributed by atoms with Crippen LogP contribution in [0.15, 0.2) is 18.2 Å². The van der Waals surface area contributed by atoms with E-state index in [0.29, 0.717) is 10.8 Å². The van der Waals surface area contributed by atoms with Crippen LogP contribution in [-0.2, 0) is 0 Å². The van der Waals surface area contributed by atoms with E-state index in [1.165, 1.54) is 63.3 Å². The van der Waals surface area contributed by atoms with Crippen molar-refractivity contribution in [3.63, 3.8) is 0 Å². The van der Waals surface area contributed by atoms with Crippen LogP contribution in [0, 0.1) is 11.7 Å². The molecule has 7 heteroatoms. The summed E-state index contributed by atoms with van der Waals surface area (Å²) in [7, 11) is 1.45. The van der Waals surface area contributed by atoms with E-state index >= 15 is 0 Å². The summed E-state index contributed by atoms with van der Waals surface area (Å²) in [5, 5.41) is 4.08. The van der Waals surface area contributed by atoms with Crippen molar-refractivity contribution < 1.29 is 13.9 Å². The molecule has 2 aromatic rings. The molecule has 4 fully saturated rings. The summed E-state index contributed by atoms with van der Waals surface area (Å²) in [6.07, 6.45) is 4.76. The molecule has 1 atom stereocenters. The number of amides is 1. The van der Waals surface area contributed by atoms with Gasteiger partial charge in [-0.1, -0.05) is 0 Å². The van der Waals surface area contributed by atoms with Crippen molar-refractivity contribution in [2.45, 2.75) is 37.3 Å². The lowest BCUT2D eigenvalue weighted by Crippen LogP contribution is -2.65. The highest BCUT2D eigenvalue weighted by Gasteiger charge is 2.60. The molecule has 3 aliphatic heterocycles. The van der Waals surface area contributed by atoms with Gasteiger partial charge in [0, 0.05) is 16.3 Å². The van der Waals surface area contributed by atoms with E-state index in [0.717, 1.165) is 10.1 Å². The van der Waals surface area contributed by atoms with Gasteiger partial charge in [0.05, 0.1) is 18.0 Å². The van der Waals surface area contributed by atoms with Crippen molar-refractivity contribution in [3.8, 4) is 5.75 Å². The number of benzene rings is 1. The Kier molecular flexibility index (Phi) is 4.40. The Bertz CT molecular complexity index is 859. The number of rotatable bonds is 3. The predicted molar refractivity (Wildman–Crippen MR) is 103 cm³/mol. The number of carbonyl (C=O) groups is 1.